The quantitative estimate of drug-likeness (QED) is 0.658. The first-order chi connectivity index (χ1) is 13.3. The summed E-state index contributed by atoms with van der Waals surface area (Å²) in [5, 5.41) is 5.60. The van der Waals surface area contributed by atoms with Gasteiger partial charge in [-0.2, -0.15) is 0 Å². The van der Waals surface area contributed by atoms with Crippen molar-refractivity contribution >= 4 is 23.2 Å². The summed E-state index contributed by atoms with van der Waals surface area (Å²) in [7, 11) is 0. The third-order valence-corrected chi connectivity index (χ3v) is 4.07. The largest absolute Gasteiger partial charge is 0.492 e. The Labute approximate surface area is 166 Å². The normalized spacial score (nSPS) is 11.1. The zero-order chi connectivity index (χ0) is 20.7. The van der Waals surface area contributed by atoms with E-state index in [-0.39, 0.29) is 6.10 Å². The molecule has 0 heterocycles. The van der Waals surface area contributed by atoms with Crippen LogP contribution in [0.4, 0.5) is 11.4 Å². The van der Waals surface area contributed by atoms with Gasteiger partial charge in [0.15, 0.2) is 0 Å². The molecule has 0 saturated carbocycles. The minimum atomic E-state index is -1.32. The fourth-order valence-corrected chi connectivity index (χ4v) is 2.44. The monoisotopic (exact) mass is 384 g/mol. The first kappa shape index (κ1) is 21.3. The van der Waals surface area contributed by atoms with E-state index in [2.05, 4.69) is 10.6 Å². The van der Waals surface area contributed by atoms with E-state index in [0.717, 1.165) is 0 Å². The number of para-hydroxylation sites is 4. The molecule has 2 aromatic rings. The predicted octanol–water partition coefficient (Wildman–Crippen LogP) is 4.48. The van der Waals surface area contributed by atoms with Crippen LogP contribution < -0.4 is 20.1 Å². The minimum Gasteiger partial charge on any atom is -0.492 e. The van der Waals surface area contributed by atoms with E-state index in [1.807, 2.05) is 32.9 Å². The zero-order valence-corrected chi connectivity index (χ0v) is 17.0. The highest BCUT2D eigenvalue weighted by atomic mass is 16.5. The summed E-state index contributed by atoms with van der Waals surface area (Å²) in [6, 6.07) is 14.3. The smallest absolute Gasteiger partial charge is 0.239 e. The second-order valence-electron chi connectivity index (χ2n) is 7.13. The number of carbonyl (C=O) groups is 2. The maximum absolute atomic E-state index is 12.9. The summed E-state index contributed by atoms with van der Waals surface area (Å²) in [4.78, 5) is 25.7. The van der Waals surface area contributed by atoms with Gasteiger partial charge in [0, 0.05) is 0 Å². The molecule has 0 unspecified atom stereocenters. The van der Waals surface area contributed by atoms with Crippen molar-refractivity contribution in [3.8, 4) is 11.5 Å². The van der Waals surface area contributed by atoms with Crippen molar-refractivity contribution in [1.82, 2.24) is 0 Å². The molecule has 2 rings (SSSR count). The van der Waals surface area contributed by atoms with Crippen LogP contribution in [0.3, 0.4) is 0 Å². The molecule has 2 amide bonds. The number of ether oxygens (including phenoxy) is 2. The number of hydrogen-bond acceptors (Lipinski definition) is 4. The summed E-state index contributed by atoms with van der Waals surface area (Å²) in [6.07, 6.45) is -0.0376. The molecule has 2 N–H and O–H groups in total. The summed E-state index contributed by atoms with van der Waals surface area (Å²) in [6.45, 7) is 9.31. The molecule has 0 aliphatic rings. The molecule has 28 heavy (non-hydrogen) atoms. The number of anilines is 2. The maximum atomic E-state index is 12.9. The molecule has 0 fully saturated rings. The average molecular weight is 384 g/mol. The van der Waals surface area contributed by atoms with Gasteiger partial charge in [0.2, 0.25) is 11.8 Å². The zero-order valence-electron chi connectivity index (χ0n) is 17.0. The second-order valence-corrected chi connectivity index (χ2v) is 7.13. The Hall–Kier alpha value is -3.02. The van der Waals surface area contributed by atoms with E-state index in [1.165, 1.54) is 0 Å². The van der Waals surface area contributed by atoms with Crippen LogP contribution in [-0.2, 0) is 9.59 Å². The molecular weight excluding hydrogens is 356 g/mol. The average Bonchev–Trinajstić information content (AvgIpc) is 2.64. The number of amides is 2. The summed E-state index contributed by atoms with van der Waals surface area (Å²) >= 11 is 0. The first-order valence-electron chi connectivity index (χ1n) is 9.36. The molecule has 0 spiro atoms. The lowest BCUT2D eigenvalue weighted by Crippen LogP contribution is -2.41. The molecule has 6 nitrogen and oxygen atoms in total. The summed E-state index contributed by atoms with van der Waals surface area (Å²) in [5.41, 5.74) is -0.264. The lowest BCUT2D eigenvalue weighted by atomic mass is 9.90. The summed E-state index contributed by atoms with van der Waals surface area (Å²) < 4.78 is 11.3. The van der Waals surface area contributed by atoms with Gasteiger partial charge in [-0.15, -0.1) is 0 Å². The van der Waals surface area contributed by atoms with Gasteiger partial charge in [0.1, 0.15) is 16.9 Å². The van der Waals surface area contributed by atoms with Gasteiger partial charge in [-0.05, 0) is 58.9 Å². The number of hydrogen-bond donors (Lipinski definition) is 2. The van der Waals surface area contributed by atoms with Crippen molar-refractivity contribution in [2.24, 2.45) is 5.41 Å². The van der Waals surface area contributed by atoms with E-state index < -0.39 is 17.2 Å². The van der Waals surface area contributed by atoms with Crippen LogP contribution in [0.25, 0.3) is 0 Å². The van der Waals surface area contributed by atoms with Gasteiger partial charge in [-0.3, -0.25) is 9.59 Å². The number of nitrogens with one attached hydrogen (secondary N) is 2. The Kier molecular flexibility index (Phi) is 7.04. The summed E-state index contributed by atoms with van der Waals surface area (Å²) in [5.74, 6) is 0.257. The molecule has 0 atom stereocenters. The van der Waals surface area contributed by atoms with Crippen LogP contribution in [0.15, 0.2) is 48.5 Å². The Balaban J connectivity index is 2.16. The molecule has 6 heteroatoms. The van der Waals surface area contributed by atoms with Crippen molar-refractivity contribution in [3.63, 3.8) is 0 Å². The highest BCUT2D eigenvalue weighted by Crippen LogP contribution is 2.30. The van der Waals surface area contributed by atoms with Crippen LogP contribution in [0.5, 0.6) is 11.5 Å². The standard InChI is InChI=1S/C22H28N2O4/c1-6-27-18-13-9-7-11-16(18)23-20(25)22(4,5)21(26)24-17-12-8-10-14-19(17)28-15(2)3/h7-15H,6H2,1-5H3,(H,23,25)(H,24,26). The van der Waals surface area contributed by atoms with E-state index in [0.29, 0.717) is 29.5 Å². The topological polar surface area (TPSA) is 76.7 Å². The molecule has 0 radical (unpaired) electrons. The number of rotatable bonds is 8. The SMILES string of the molecule is CCOc1ccccc1NC(=O)C(C)(C)C(=O)Nc1ccccc1OC(C)C. The lowest BCUT2D eigenvalue weighted by Gasteiger charge is -2.24. The van der Waals surface area contributed by atoms with Crippen LogP contribution in [0, 0.1) is 5.41 Å². The number of carbonyl (C=O) groups excluding carboxylic acids is 2. The van der Waals surface area contributed by atoms with Crippen LogP contribution in [0.1, 0.15) is 34.6 Å². The molecule has 2 aromatic carbocycles. The van der Waals surface area contributed by atoms with Crippen molar-refractivity contribution in [1.29, 1.82) is 0 Å². The predicted molar refractivity (Wildman–Crippen MR) is 111 cm³/mol. The van der Waals surface area contributed by atoms with Crippen molar-refractivity contribution in [2.45, 2.75) is 40.7 Å². The van der Waals surface area contributed by atoms with Crippen molar-refractivity contribution in [3.05, 3.63) is 48.5 Å². The highest BCUT2D eigenvalue weighted by Gasteiger charge is 2.37. The van der Waals surface area contributed by atoms with Gasteiger partial charge in [0.05, 0.1) is 24.1 Å². The Bertz CT molecular complexity index is 831. The third-order valence-electron chi connectivity index (χ3n) is 4.07. The Morgan fingerprint density at radius 2 is 1.36 bits per heavy atom. The second kappa shape index (κ2) is 9.26. The lowest BCUT2D eigenvalue weighted by molar-refractivity contribution is -0.135. The fraction of sp³-hybridized carbons (Fsp3) is 0.364. The molecule has 0 aliphatic heterocycles. The molecular formula is C22H28N2O4. The molecule has 0 aromatic heterocycles. The van der Waals surface area contributed by atoms with Gasteiger partial charge in [-0.1, -0.05) is 24.3 Å². The Morgan fingerprint density at radius 3 is 1.86 bits per heavy atom. The van der Waals surface area contributed by atoms with Crippen LogP contribution in [0.2, 0.25) is 0 Å². The van der Waals surface area contributed by atoms with E-state index in [4.69, 9.17) is 9.47 Å². The van der Waals surface area contributed by atoms with Gasteiger partial charge >= 0.3 is 0 Å². The van der Waals surface area contributed by atoms with Gasteiger partial charge in [0.25, 0.3) is 0 Å². The molecule has 150 valence electrons. The Morgan fingerprint density at radius 1 is 0.893 bits per heavy atom. The van der Waals surface area contributed by atoms with E-state index in [1.54, 1.807) is 50.2 Å². The van der Waals surface area contributed by atoms with E-state index in [9.17, 15) is 9.59 Å². The fourth-order valence-electron chi connectivity index (χ4n) is 2.44. The van der Waals surface area contributed by atoms with Crippen LogP contribution >= 0.6 is 0 Å². The number of benzene rings is 2. The van der Waals surface area contributed by atoms with Crippen molar-refractivity contribution in [2.75, 3.05) is 17.2 Å². The molecule has 0 bridgehead atoms. The van der Waals surface area contributed by atoms with Crippen molar-refractivity contribution < 1.29 is 19.1 Å². The third kappa shape index (κ3) is 5.25. The minimum absolute atomic E-state index is 0.0376. The maximum Gasteiger partial charge on any atom is 0.239 e. The highest BCUT2D eigenvalue weighted by molar-refractivity contribution is 6.14. The molecule has 0 saturated heterocycles. The molecule has 0 aliphatic carbocycles. The first-order valence-corrected chi connectivity index (χ1v) is 9.36. The van der Waals surface area contributed by atoms with Crippen LogP contribution in [-0.4, -0.2) is 24.5 Å². The van der Waals surface area contributed by atoms with E-state index >= 15 is 0 Å². The van der Waals surface area contributed by atoms with Gasteiger partial charge in [-0.25, -0.2) is 0 Å². The van der Waals surface area contributed by atoms with Gasteiger partial charge < -0.3 is 20.1 Å².